The number of hydrogen-bond acceptors (Lipinski definition) is 5. The molecule has 2 fully saturated rings. The zero-order valence-corrected chi connectivity index (χ0v) is 21.3. The van der Waals surface area contributed by atoms with E-state index in [2.05, 4.69) is 5.32 Å². The minimum atomic E-state index is -1.29. The Morgan fingerprint density at radius 2 is 1.78 bits per heavy atom. The van der Waals surface area contributed by atoms with Crippen LogP contribution in [0.3, 0.4) is 0 Å². The Kier molecular flexibility index (Phi) is 6.48. The minimum Gasteiger partial charge on any atom is -0.486 e. The van der Waals surface area contributed by atoms with Gasteiger partial charge in [0.25, 0.3) is 0 Å². The monoisotopic (exact) mass is 518 g/mol. The predicted octanol–water partition coefficient (Wildman–Crippen LogP) is 4.27. The Morgan fingerprint density at radius 1 is 1.00 bits per heavy atom. The van der Waals surface area contributed by atoms with Gasteiger partial charge in [-0.15, -0.1) is 0 Å². The maximum Gasteiger partial charge on any atom is 0.235 e. The van der Waals surface area contributed by atoms with E-state index in [0.29, 0.717) is 19.0 Å². The van der Waals surface area contributed by atoms with Crippen molar-refractivity contribution in [2.45, 2.75) is 42.0 Å². The van der Waals surface area contributed by atoms with Crippen LogP contribution in [0.4, 0.5) is 5.69 Å². The van der Waals surface area contributed by atoms with Crippen molar-refractivity contribution in [2.75, 3.05) is 31.7 Å². The molecule has 1 aliphatic carbocycles. The molecule has 2 N–H and O–H groups in total. The van der Waals surface area contributed by atoms with E-state index in [1.165, 1.54) is 0 Å². The number of nitrogens with one attached hydrogen (secondary N) is 1. The van der Waals surface area contributed by atoms with Gasteiger partial charge in [-0.3, -0.25) is 4.79 Å². The van der Waals surface area contributed by atoms with Crippen LogP contribution < -0.4 is 14.8 Å². The van der Waals surface area contributed by atoms with Gasteiger partial charge in [0.1, 0.15) is 24.2 Å². The van der Waals surface area contributed by atoms with E-state index < -0.39 is 16.4 Å². The molecule has 1 saturated heterocycles. The quantitative estimate of drug-likeness (QED) is 0.488. The number of fused-ring (bicyclic) bond motifs is 1. The van der Waals surface area contributed by atoms with Gasteiger partial charge in [-0.2, -0.15) is 0 Å². The van der Waals surface area contributed by atoms with Gasteiger partial charge in [0.05, 0.1) is 16.9 Å². The van der Waals surface area contributed by atoms with E-state index >= 15 is 0 Å². The lowest BCUT2D eigenvalue weighted by Crippen LogP contribution is -2.33. The fourth-order valence-electron chi connectivity index (χ4n) is 5.25. The Morgan fingerprint density at radius 3 is 2.54 bits per heavy atom. The molecule has 1 amide bonds. The molecule has 0 aromatic heterocycles. The first kappa shape index (κ1) is 24.2. The predicted molar refractivity (Wildman–Crippen MR) is 142 cm³/mol. The Hall–Kier alpha value is -3.20. The van der Waals surface area contributed by atoms with Crippen LogP contribution in [-0.2, 0) is 21.2 Å². The van der Waals surface area contributed by atoms with Gasteiger partial charge in [-0.1, -0.05) is 30.3 Å². The van der Waals surface area contributed by atoms with E-state index in [9.17, 15) is 14.1 Å². The highest BCUT2D eigenvalue weighted by atomic mass is 32.2. The van der Waals surface area contributed by atoms with Crippen LogP contribution in [-0.4, -0.2) is 51.9 Å². The van der Waals surface area contributed by atoms with Gasteiger partial charge in [-0.25, -0.2) is 8.51 Å². The molecule has 7 nitrogen and oxygen atoms in total. The summed E-state index contributed by atoms with van der Waals surface area (Å²) in [6, 6.07) is 21.2. The number of rotatable bonds is 7. The molecule has 192 valence electrons. The van der Waals surface area contributed by atoms with Gasteiger partial charge in [-0.05, 0) is 78.8 Å². The highest BCUT2D eigenvalue weighted by Crippen LogP contribution is 2.51. The van der Waals surface area contributed by atoms with E-state index in [4.69, 9.17) is 9.47 Å². The first-order valence-electron chi connectivity index (χ1n) is 12.8. The molecule has 1 unspecified atom stereocenters. The smallest absolute Gasteiger partial charge is 0.235 e. The molecule has 2 heterocycles. The van der Waals surface area contributed by atoms with Crippen molar-refractivity contribution in [1.82, 2.24) is 4.31 Å². The molecule has 3 aliphatic rings. The van der Waals surface area contributed by atoms with Crippen LogP contribution in [0.5, 0.6) is 11.5 Å². The number of aliphatic hydroxyl groups excluding tert-OH is 1. The fourth-order valence-corrected chi connectivity index (χ4v) is 6.63. The third-order valence-electron chi connectivity index (χ3n) is 7.54. The molecule has 6 rings (SSSR count). The fraction of sp³-hybridized carbons (Fsp3) is 0.345. The standard InChI is InChI=1S/C29H30N2O5S/c32-19-24-5-2-14-31(24)37(34)25-9-6-20(7-10-25)21-3-1-4-23(17-21)30-28(33)29(12-13-29)22-8-11-26-27(18-22)36-16-15-35-26/h1,3-4,6-11,17-18,24,32H,2,5,12-16,19H2,(H,30,33)/t24-,37?/m1/s1. The molecular formula is C29H30N2O5S. The molecule has 3 aromatic carbocycles. The van der Waals surface area contributed by atoms with Crippen LogP contribution in [0.2, 0.25) is 0 Å². The normalized spacial score (nSPS) is 20.8. The molecular weight excluding hydrogens is 488 g/mol. The number of benzene rings is 3. The number of carbonyl (C=O) groups is 1. The first-order valence-corrected chi connectivity index (χ1v) is 13.9. The lowest BCUT2D eigenvalue weighted by molar-refractivity contribution is -0.118. The summed E-state index contributed by atoms with van der Waals surface area (Å²) in [5.74, 6) is 1.41. The second-order valence-corrected chi connectivity index (χ2v) is 11.3. The summed E-state index contributed by atoms with van der Waals surface area (Å²) in [5, 5.41) is 12.7. The zero-order chi connectivity index (χ0) is 25.4. The van der Waals surface area contributed by atoms with Crippen LogP contribution in [0.25, 0.3) is 11.1 Å². The maximum absolute atomic E-state index is 13.4. The molecule has 2 aliphatic heterocycles. The summed E-state index contributed by atoms with van der Waals surface area (Å²) in [7, 11) is -1.29. The van der Waals surface area contributed by atoms with Crippen LogP contribution in [0.1, 0.15) is 31.2 Å². The third kappa shape index (κ3) is 4.65. The second kappa shape index (κ2) is 9.93. The van der Waals surface area contributed by atoms with Crippen molar-refractivity contribution in [3.8, 4) is 22.6 Å². The SMILES string of the molecule is O=C(Nc1cccc(-c2ccc(S(=O)N3CCC[C@@H]3CO)cc2)c1)C1(c2ccc3c(c2)OCCO3)CC1. The summed E-state index contributed by atoms with van der Waals surface area (Å²) in [4.78, 5) is 14.1. The summed E-state index contributed by atoms with van der Waals surface area (Å²) in [6.07, 6.45) is 3.41. The Labute approximate surface area is 219 Å². The average Bonchev–Trinajstić information content (AvgIpc) is 3.63. The number of nitrogens with zero attached hydrogens (tertiary/aromatic N) is 1. The summed E-state index contributed by atoms with van der Waals surface area (Å²) in [6.45, 7) is 1.81. The van der Waals surface area contributed by atoms with Crippen molar-refractivity contribution in [3.63, 3.8) is 0 Å². The molecule has 3 aromatic rings. The van der Waals surface area contributed by atoms with Crippen molar-refractivity contribution in [2.24, 2.45) is 0 Å². The third-order valence-corrected chi connectivity index (χ3v) is 9.12. The van der Waals surface area contributed by atoms with Crippen LogP contribution in [0, 0.1) is 0 Å². The highest BCUT2D eigenvalue weighted by molar-refractivity contribution is 7.82. The number of aliphatic hydroxyl groups is 1. The number of ether oxygens (including phenoxy) is 2. The van der Waals surface area contributed by atoms with Crippen LogP contribution >= 0.6 is 0 Å². The van der Waals surface area contributed by atoms with Gasteiger partial charge in [0.2, 0.25) is 5.91 Å². The van der Waals surface area contributed by atoms with Gasteiger partial charge >= 0.3 is 0 Å². The highest BCUT2D eigenvalue weighted by Gasteiger charge is 2.51. The van der Waals surface area contributed by atoms with Crippen molar-refractivity contribution in [3.05, 3.63) is 72.3 Å². The molecule has 1 saturated carbocycles. The Bertz CT molecular complexity index is 1340. The molecule has 2 atom stereocenters. The molecule has 0 bridgehead atoms. The molecule has 8 heteroatoms. The summed E-state index contributed by atoms with van der Waals surface area (Å²) < 4.78 is 26.2. The molecule has 0 spiro atoms. The number of hydrogen-bond donors (Lipinski definition) is 2. The van der Waals surface area contributed by atoms with Crippen molar-refractivity contribution < 1.29 is 23.6 Å². The number of carbonyl (C=O) groups excluding carboxylic acids is 1. The van der Waals surface area contributed by atoms with E-state index in [1.807, 2.05) is 71.0 Å². The van der Waals surface area contributed by atoms with Crippen molar-refractivity contribution >= 4 is 22.6 Å². The van der Waals surface area contributed by atoms with E-state index in [1.54, 1.807) is 0 Å². The maximum atomic E-state index is 13.4. The zero-order valence-electron chi connectivity index (χ0n) is 20.5. The van der Waals surface area contributed by atoms with E-state index in [0.717, 1.165) is 65.3 Å². The minimum absolute atomic E-state index is 0.0175. The lowest BCUT2D eigenvalue weighted by Gasteiger charge is -2.22. The topological polar surface area (TPSA) is 88.1 Å². The average molecular weight is 519 g/mol. The lowest BCUT2D eigenvalue weighted by atomic mass is 9.94. The number of anilines is 1. The largest absolute Gasteiger partial charge is 0.486 e. The van der Waals surface area contributed by atoms with Gasteiger partial charge in [0.15, 0.2) is 11.5 Å². The summed E-state index contributed by atoms with van der Waals surface area (Å²) >= 11 is 0. The summed E-state index contributed by atoms with van der Waals surface area (Å²) in [5.41, 5.74) is 3.09. The Balaban J connectivity index is 1.17. The molecule has 0 radical (unpaired) electrons. The van der Waals surface area contributed by atoms with Gasteiger partial charge < -0.3 is 19.9 Å². The van der Waals surface area contributed by atoms with E-state index in [-0.39, 0.29) is 18.6 Å². The van der Waals surface area contributed by atoms with Crippen molar-refractivity contribution in [1.29, 1.82) is 0 Å². The first-order chi connectivity index (χ1) is 18.1. The number of amides is 1. The van der Waals surface area contributed by atoms with Gasteiger partial charge in [0, 0.05) is 18.3 Å². The second-order valence-electron chi connectivity index (χ2n) is 9.87. The molecule has 37 heavy (non-hydrogen) atoms. The van der Waals surface area contributed by atoms with Crippen LogP contribution in [0.15, 0.2) is 71.6 Å².